The van der Waals surface area contributed by atoms with Gasteiger partial charge in [-0.3, -0.25) is 0 Å². The van der Waals surface area contributed by atoms with Crippen LogP contribution in [0.3, 0.4) is 0 Å². The van der Waals surface area contributed by atoms with E-state index in [2.05, 4.69) is 29.1 Å². The second-order valence-electron chi connectivity index (χ2n) is 4.06. The molecule has 1 aliphatic heterocycles. The number of rotatable bonds is 3. The van der Waals surface area contributed by atoms with Gasteiger partial charge in [-0.1, -0.05) is 37.3 Å². The van der Waals surface area contributed by atoms with Crippen LogP contribution in [0.1, 0.15) is 12.5 Å². The van der Waals surface area contributed by atoms with Crippen LogP contribution >= 0.6 is 11.8 Å². The van der Waals surface area contributed by atoms with Crippen LogP contribution in [0.15, 0.2) is 40.4 Å². The highest BCUT2D eigenvalue weighted by Crippen LogP contribution is 2.36. The minimum atomic E-state index is 0.702. The second kappa shape index (κ2) is 4.49. The number of nitrogen functional groups attached to an aromatic ring is 1. The summed E-state index contributed by atoms with van der Waals surface area (Å²) >= 11 is 1.66. The van der Waals surface area contributed by atoms with Crippen LogP contribution in [0.2, 0.25) is 0 Å². The summed E-state index contributed by atoms with van der Waals surface area (Å²) in [5.74, 6) is 1.76. The van der Waals surface area contributed by atoms with Gasteiger partial charge in [0.25, 0.3) is 0 Å². The van der Waals surface area contributed by atoms with Gasteiger partial charge in [-0.15, -0.1) is 11.8 Å². The van der Waals surface area contributed by atoms with Crippen molar-refractivity contribution in [3.8, 4) is 0 Å². The molecule has 3 rings (SSSR count). The molecule has 0 saturated carbocycles. The zero-order valence-electron chi connectivity index (χ0n) is 10.1. The molecule has 0 amide bonds. The number of nitrogens with zero attached hydrogens (tertiary/aromatic N) is 3. The van der Waals surface area contributed by atoms with Gasteiger partial charge < -0.3 is 5.73 Å². The molecule has 0 bridgehead atoms. The Hall–Kier alpha value is -1.75. The number of hydrogen-bond donors (Lipinski definition) is 1. The summed E-state index contributed by atoms with van der Waals surface area (Å²) < 4.78 is 1.88. The van der Waals surface area contributed by atoms with Gasteiger partial charge in [-0.05, 0) is 11.3 Å². The van der Waals surface area contributed by atoms with Gasteiger partial charge in [0.15, 0.2) is 5.82 Å². The van der Waals surface area contributed by atoms with E-state index >= 15 is 0 Å². The fourth-order valence-corrected chi connectivity index (χ4v) is 2.69. The number of thioether (sulfide) groups is 1. The molecule has 0 spiro atoms. The second-order valence-corrected chi connectivity index (χ2v) is 5.31. The van der Waals surface area contributed by atoms with E-state index < -0.39 is 0 Å². The minimum Gasteiger partial charge on any atom is -0.393 e. The van der Waals surface area contributed by atoms with Crippen LogP contribution < -0.4 is 5.73 Å². The van der Waals surface area contributed by atoms with Gasteiger partial charge in [-0.25, -0.2) is 9.67 Å². The lowest BCUT2D eigenvalue weighted by Crippen LogP contribution is -2.06. The topological polar surface area (TPSA) is 56.2 Å². The van der Waals surface area contributed by atoms with Crippen LogP contribution in [-0.2, 0) is 6.54 Å². The molecule has 0 radical (unpaired) electrons. The summed E-state index contributed by atoms with van der Waals surface area (Å²) in [6.07, 6.45) is 0. The van der Waals surface area contributed by atoms with Gasteiger partial charge in [0.05, 0.1) is 12.3 Å². The standard InChI is InChI=1S/C13H14N4S/c1-2-18-13-11(14)12-15-10(8-17(12)16-13)9-6-4-3-5-7-9/h3-7H,2,8,14H2,1H3. The Labute approximate surface area is 110 Å². The van der Waals surface area contributed by atoms with Crippen LogP contribution in [0.25, 0.3) is 0 Å². The van der Waals surface area contributed by atoms with Crippen LogP contribution in [0.4, 0.5) is 11.5 Å². The summed E-state index contributed by atoms with van der Waals surface area (Å²) in [4.78, 5) is 4.60. The molecule has 0 atom stereocenters. The minimum absolute atomic E-state index is 0.702. The summed E-state index contributed by atoms with van der Waals surface area (Å²) in [7, 11) is 0. The van der Waals surface area contributed by atoms with Gasteiger partial charge in [0.1, 0.15) is 10.7 Å². The molecule has 0 unspecified atom stereocenters. The zero-order valence-corrected chi connectivity index (χ0v) is 10.9. The summed E-state index contributed by atoms with van der Waals surface area (Å²) in [5, 5.41) is 5.39. The summed E-state index contributed by atoms with van der Waals surface area (Å²) in [5.41, 5.74) is 8.93. The van der Waals surface area contributed by atoms with Crippen molar-refractivity contribution < 1.29 is 0 Å². The molecular formula is C13H14N4S. The van der Waals surface area contributed by atoms with Gasteiger partial charge in [0, 0.05) is 0 Å². The van der Waals surface area contributed by atoms with Crippen molar-refractivity contribution in [2.75, 3.05) is 11.5 Å². The van der Waals surface area contributed by atoms with E-state index in [1.807, 2.05) is 22.9 Å². The molecule has 2 aromatic rings. The molecule has 5 heteroatoms. The normalized spacial score (nSPS) is 13.5. The SMILES string of the molecule is CCSc1nn2c(c1N)N=C(c1ccccc1)C2. The first-order chi connectivity index (χ1) is 8.79. The third kappa shape index (κ3) is 1.80. The highest BCUT2D eigenvalue weighted by atomic mass is 32.2. The molecule has 18 heavy (non-hydrogen) atoms. The average molecular weight is 258 g/mol. The van der Waals surface area contributed by atoms with E-state index in [1.165, 1.54) is 0 Å². The predicted octanol–water partition coefficient (Wildman–Crippen LogP) is 2.71. The van der Waals surface area contributed by atoms with Crippen molar-refractivity contribution in [2.45, 2.75) is 18.5 Å². The molecule has 0 aliphatic carbocycles. The molecule has 2 heterocycles. The predicted molar refractivity (Wildman–Crippen MR) is 75.7 cm³/mol. The third-order valence-electron chi connectivity index (χ3n) is 2.86. The van der Waals surface area contributed by atoms with E-state index in [9.17, 15) is 0 Å². The number of hydrogen-bond acceptors (Lipinski definition) is 4. The number of nitrogens with two attached hydrogens (primary N) is 1. The highest BCUT2D eigenvalue weighted by Gasteiger charge is 2.22. The fourth-order valence-electron chi connectivity index (χ4n) is 2.01. The fraction of sp³-hybridized carbons (Fsp3) is 0.231. The Kier molecular flexibility index (Phi) is 2.83. The van der Waals surface area contributed by atoms with Crippen LogP contribution in [0, 0.1) is 0 Å². The summed E-state index contributed by atoms with van der Waals surface area (Å²) in [6.45, 7) is 2.79. The van der Waals surface area contributed by atoms with Crippen LogP contribution in [0.5, 0.6) is 0 Å². The van der Waals surface area contributed by atoms with E-state index in [4.69, 9.17) is 5.73 Å². The zero-order chi connectivity index (χ0) is 12.5. The van der Waals surface area contributed by atoms with Gasteiger partial charge in [-0.2, -0.15) is 5.10 Å². The van der Waals surface area contributed by atoms with Crippen molar-refractivity contribution in [3.05, 3.63) is 35.9 Å². The summed E-state index contributed by atoms with van der Waals surface area (Å²) in [6, 6.07) is 10.1. The number of aliphatic imine (C=N–C) groups is 1. The van der Waals surface area contributed by atoms with Gasteiger partial charge in [0.2, 0.25) is 0 Å². The average Bonchev–Trinajstić information content (AvgIpc) is 2.93. The molecule has 92 valence electrons. The molecular weight excluding hydrogens is 244 g/mol. The maximum absolute atomic E-state index is 6.07. The lowest BCUT2D eigenvalue weighted by Gasteiger charge is -2.00. The Morgan fingerprint density at radius 1 is 1.33 bits per heavy atom. The highest BCUT2D eigenvalue weighted by molar-refractivity contribution is 7.99. The van der Waals surface area contributed by atoms with Crippen LogP contribution in [-0.4, -0.2) is 21.2 Å². The largest absolute Gasteiger partial charge is 0.393 e. The Bertz CT molecular complexity index is 601. The van der Waals surface area contributed by atoms with Crippen molar-refractivity contribution in [3.63, 3.8) is 0 Å². The van der Waals surface area contributed by atoms with Gasteiger partial charge >= 0.3 is 0 Å². The first-order valence-electron chi connectivity index (χ1n) is 5.91. The molecule has 0 fully saturated rings. The number of aromatic nitrogens is 2. The molecule has 4 nitrogen and oxygen atoms in total. The Morgan fingerprint density at radius 3 is 2.78 bits per heavy atom. The van der Waals surface area contributed by atoms with E-state index in [0.29, 0.717) is 12.2 Å². The van der Waals surface area contributed by atoms with E-state index in [1.54, 1.807) is 11.8 Å². The maximum Gasteiger partial charge on any atom is 0.175 e. The third-order valence-corrected chi connectivity index (χ3v) is 3.72. The monoisotopic (exact) mass is 258 g/mol. The lowest BCUT2D eigenvalue weighted by molar-refractivity contribution is 0.723. The Morgan fingerprint density at radius 2 is 2.11 bits per heavy atom. The van der Waals surface area contributed by atoms with Crippen molar-refractivity contribution in [1.29, 1.82) is 0 Å². The smallest absolute Gasteiger partial charge is 0.175 e. The number of fused-ring (bicyclic) bond motifs is 1. The molecule has 2 N–H and O–H groups in total. The number of benzene rings is 1. The Balaban J connectivity index is 1.96. The maximum atomic E-state index is 6.07. The lowest BCUT2D eigenvalue weighted by atomic mass is 10.1. The molecule has 0 saturated heterocycles. The first kappa shape index (κ1) is 11.3. The van der Waals surface area contributed by atoms with Crippen molar-refractivity contribution in [2.24, 2.45) is 4.99 Å². The molecule has 1 aliphatic rings. The molecule has 1 aromatic heterocycles. The first-order valence-corrected chi connectivity index (χ1v) is 6.90. The number of anilines is 1. The quantitative estimate of drug-likeness (QED) is 0.861. The van der Waals surface area contributed by atoms with Crippen molar-refractivity contribution >= 4 is 29.0 Å². The van der Waals surface area contributed by atoms with E-state index in [-0.39, 0.29) is 0 Å². The van der Waals surface area contributed by atoms with E-state index in [0.717, 1.165) is 27.9 Å². The molecule has 1 aromatic carbocycles. The van der Waals surface area contributed by atoms with Crippen molar-refractivity contribution in [1.82, 2.24) is 9.78 Å².